The van der Waals surface area contributed by atoms with Crippen LogP contribution in [0, 0.1) is 0 Å². The minimum Gasteiger partial charge on any atom is -0.355 e. The fourth-order valence-corrected chi connectivity index (χ4v) is 2.63. The van der Waals surface area contributed by atoms with Gasteiger partial charge in [0.05, 0.1) is 6.54 Å². The molecule has 0 bridgehead atoms. The van der Waals surface area contributed by atoms with Crippen LogP contribution in [0.2, 0.25) is 0 Å². The molecule has 0 unspecified atom stereocenters. The van der Waals surface area contributed by atoms with E-state index in [1.807, 2.05) is 0 Å². The van der Waals surface area contributed by atoms with Gasteiger partial charge in [-0.25, -0.2) is 0 Å². The summed E-state index contributed by atoms with van der Waals surface area (Å²) in [6.45, 7) is 3.59. The van der Waals surface area contributed by atoms with Crippen molar-refractivity contribution in [2.24, 2.45) is 0 Å². The zero-order valence-electron chi connectivity index (χ0n) is 12.7. The number of nitrogens with one attached hydrogen (secondary N) is 2. The molecule has 0 saturated carbocycles. The number of benzene rings is 1. The Bertz CT molecular complexity index is 499. The molecule has 1 aromatic carbocycles. The first-order valence-corrected chi connectivity index (χ1v) is 7.46. The van der Waals surface area contributed by atoms with Crippen LogP contribution in [0.25, 0.3) is 0 Å². The van der Waals surface area contributed by atoms with Gasteiger partial charge in [-0.05, 0) is 50.6 Å². The van der Waals surface area contributed by atoms with Crippen molar-refractivity contribution in [3.05, 3.63) is 29.8 Å². The van der Waals surface area contributed by atoms with Gasteiger partial charge in [0.2, 0.25) is 5.91 Å². The molecule has 1 aliphatic heterocycles. The number of hydrogen-bond acceptors (Lipinski definition) is 3. The van der Waals surface area contributed by atoms with Gasteiger partial charge in [-0.2, -0.15) is 0 Å². The van der Waals surface area contributed by atoms with E-state index in [2.05, 4.69) is 22.5 Å². The second-order valence-electron chi connectivity index (χ2n) is 5.52. The highest BCUT2D eigenvalue weighted by molar-refractivity contribution is 5.96. The van der Waals surface area contributed by atoms with Crippen molar-refractivity contribution in [2.45, 2.75) is 32.2 Å². The Morgan fingerprint density at radius 2 is 1.95 bits per heavy atom. The summed E-state index contributed by atoms with van der Waals surface area (Å²) in [7, 11) is 1.60. The van der Waals surface area contributed by atoms with Crippen molar-refractivity contribution in [3.8, 4) is 0 Å². The first kappa shape index (κ1) is 15.5. The molecule has 0 aliphatic carbocycles. The van der Waals surface area contributed by atoms with Gasteiger partial charge in [-0.3, -0.25) is 14.5 Å². The van der Waals surface area contributed by atoms with Gasteiger partial charge in [0, 0.05) is 24.3 Å². The molecule has 114 valence electrons. The Kier molecular flexibility index (Phi) is 5.33. The molecule has 1 heterocycles. The third-order valence-electron chi connectivity index (χ3n) is 3.95. The monoisotopic (exact) mass is 289 g/mol. The van der Waals surface area contributed by atoms with Crippen LogP contribution in [-0.4, -0.2) is 42.9 Å². The maximum Gasteiger partial charge on any atom is 0.251 e. The lowest BCUT2D eigenvalue weighted by molar-refractivity contribution is -0.118. The van der Waals surface area contributed by atoms with E-state index in [1.54, 1.807) is 31.3 Å². The molecule has 5 heteroatoms. The Labute approximate surface area is 125 Å². The summed E-state index contributed by atoms with van der Waals surface area (Å²) in [5.74, 6) is -0.133. The van der Waals surface area contributed by atoms with Crippen molar-refractivity contribution in [3.63, 3.8) is 0 Å². The second kappa shape index (κ2) is 7.22. The van der Waals surface area contributed by atoms with E-state index < -0.39 is 0 Å². The number of carbonyl (C=O) groups excluding carboxylic acids is 2. The zero-order valence-corrected chi connectivity index (χ0v) is 12.7. The number of rotatable bonds is 4. The normalized spacial score (nSPS) is 19.0. The standard InChI is InChI=1S/C16H23N3O2/c1-12-5-3-4-10-19(12)11-15(20)18-14-8-6-13(7-9-14)16(21)17-2/h6-9,12H,3-5,10-11H2,1-2H3,(H,17,21)(H,18,20)/t12-/m0/s1. The van der Waals surface area contributed by atoms with E-state index in [4.69, 9.17) is 0 Å². The predicted octanol–water partition coefficient (Wildman–Crippen LogP) is 1.86. The highest BCUT2D eigenvalue weighted by atomic mass is 16.2. The van der Waals surface area contributed by atoms with E-state index >= 15 is 0 Å². The maximum atomic E-state index is 12.1. The summed E-state index contributed by atoms with van der Waals surface area (Å²) in [5, 5.41) is 5.45. The quantitative estimate of drug-likeness (QED) is 0.889. The number of likely N-dealkylation sites (tertiary alicyclic amines) is 1. The third-order valence-corrected chi connectivity index (χ3v) is 3.95. The molecule has 1 saturated heterocycles. The van der Waals surface area contributed by atoms with Gasteiger partial charge in [0.15, 0.2) is 0 Å². The number of anilines is 1. The molecule has 2 amide bonds. The summed E-state index contributed by atoms with van der Waals surface area (Å²) in [6.07, 6.45) is 3.58. The number of hydrogen-bond donors (Lipinski definition) is 2. The summed E-state index contributed by atoms with van der Waals surface area (Å²) in [4.78, 5) is 25.7. The average Bonchev–Trinajstić information content (AvgIpc) is 2.49. The highest BCUT2D eigenvalue weighted by Gasteiger charge is 2.20. The molecule has 0 radical (unpaired) electrons. The Morgan fingerprint density at radius 3 is 2.57 bits per heavy atom. The van der Waals surface area contributed by atoms with Crippen LogP contribution in [0.4, 0.5) is 5.69 Å². The van der Waals surface area contributed by atoms with Crippen LogP contribution in [0.3, 0.4) is 0 Å². The van der Waals surface area contributed by atoms with Gasteiger partial charge in [0.25, 0.3) is 5.91 Å². The van der Waals surface area contributed by atoms with Crippen LogP contribution >= 0.6 is 0 Å². The fraction of sp³-hybridized carbons (Fsp3) is 0.500. The molecule has 5 nitrogen and oxygen atoms in total. The number of nitrogens with zero attached hydrogens (tertiary/aromatic N) is 1. The van der Waals surface area contributed by atoms with E-state index in [0.29, 0.717) is 18.2 Å². The second-order valence-corrected chi connectivity index (χ2v) is 5.52. The molecule has 1 aromatic rings. The molecule has 2 N–H and O–H groups in total. The number of amides is 2. The third kappa shape index (κ3) is 4.29. The predicted molar refractivity (Wildman–Crippen MR) is 83.3 cm³/mol. The SMILES string of the molecule is CNC(=O)c1ccc(NC(=O)CN2CCCC[C@@H]2C)cc1. The molecule has 1 fully saturated rings. The molecule has 0 aromatic heterocycles. The van der Waals surface area contributed by atoms with Gasteiger partial charge in [-0.1, -0.05) is 6.42 Å². The van der Waals surface area contributed by atoms with Crippen molar-refractivity contribution < 1.29 is 9.59 Å². The van der Waals surface area contributed by atoms with Crippen LogP contribution < -0.4 is 10.6 Å². The summed E-state index contributed by atoms with van der Waals surface area (Å²) in [5.41, 5.74) is 1.30. The molecule has 21 heavy (non-hydrogen) atoms. The van der Waals surface area contributed by atoms with Gasteiger partial charge in [-0.15, -0.1) is 0 Å². The summed E-state index contributed by atoms with van der Waals surface area (Å²) in [6, 6.07) is 7.39. The highest BCUT2D eigenvalue weighted by Crippen LogP contribution is 2.16. The summed E-state index contributed by atoms with van der Waals surface area (Å²) >= 11 is 0. The Balaban J connectivity index is 1.88. The van der Waals surface area contributed by atoms with E-state index in [9.17, 15) is 9.59 Å². The van der Waals surface area contributed by atoms with Crippen LogP contribution in [0.1, 0.15) is 36.5 Å². The topological polar surface area (TPSA) is 61.4 Å². The van der Waals surface area contributed by atoms with Crippen LogP contribution in [0.5, 0.6) is 0 Å². The van der Waals surface area contributed by atoms with Gasteiger partial charge >= 0.3 is 0 Å². The average molecular weight is 289 g/mol. The first-order chi connectivity index (χ1) is 10.1. The molecular formula is C16H23N3O2. The van der Waals surface area contributed by atoms with Crippen LogP contribution in [0.15, 0.2) is 24.3 Å². The molecule has 0 spiro atoms. The van der Waals surface area contributed by atoms with E-state index in [1.165, 1.54) is 12.8 Å². The lowest BCUT2D eigenvalue weighted by Crippen LogP contribution is -2.42. The lowest BCUT2D eigenvalue weighted by atomic mass is 10.0. The lowest BCUT2D eigenvalue weighted by Gasteiger charge is -2.32. The van der Waals surface area contributed by atoms with Crippen molar-refractivity contribution >= 4 is 17.5 Å². The minimum absolute atomic E-state index is 0.00329. The number of piperidine rings is 1. The Hall–Kier alpha value is -1.88. The van der Waals surface area contributed by atoms with E-state index in [0.717, 1.165) is 18.7 Å². The first-order valence-electron chi connectivity index (χ1n) is 7.46. The van der Waals surface area contributed by atoms with Crippen molar-refractivity contribution in [1.82, 2.24) is 10.2 Å². The van der Waals surface area contributed by atoms with Gasteiger partial charge in [0.1, 0.15) is 0 Å². The Morgan fingerprint density at radius 1 is 1.24 bits per heavy atom. The fourth-order valence-electron chi connectivity index (χ4n) is 2.63. The summed E-state index contributed by atoms with van der Waals surface area (Å²) < 4.78 is 0. The molecule has 1 aliphatic rings. The van der Waals surface area contributed by atoms with Crippen molar-refractivity contribution in [1.29, 1.82) is 0 Å². The van der Waals surface area contributed by atoms with Crippen LogP contribution in [-0.2, 0) is 4.79 Å². The van der Waals surface area contributed by atoms with E-state index in [-0.39, 0.29) is 11.8 Å². The molecule has 1 atom stereocenters. The molecule has 2 rings (SSSR count). The van der Waals surface area contributed by atoms with Gasteiger partial charge < -0.3 is 10.6 Å². The molecular weight excluding hydrogens is 266 g/mol. The van der Waals surface area contributed by atoms with Crippen molar-refractivity contribution in [2.75, 3.05) is 25.5 Å². The number of carbonyl (C=O) groups is 2. The minimum atomic E-state index is -0.130. The zero-order chi connectivity index (χ0) is 15.2. The smallest absolute Gasteiger partial charge is 0.251 e. The maximum absolute atomic E-state index is 12.1. The largest absolute Gasteiger partial charge is 0.355 e.